The van der Waals surface area contributed by atoms with Gasteiger partial charge in [0.1, 0.15) is 0 Å². The molecule has 1 aliphatic heterocycles. The van der Waals surface area contributed by atoms with Gasteiger partial charge in [0.15, 0.2) is 5.82 Å². The zero-order valence-electron chi connectivity index (χ0n) is 10.6. The number of rotatable bonds is 3. The number of nitrogens with one attached hydrogen (secondary N) is 2. The van der Waals surface area contributed by atoms with Crippen LogP contribution in [0.3, 0.4) is 0 Å². The molecule has 0 spiro atoms. The lowest BCUT2D eigenvalue weighted by Crippen LogP contribution is -2.27. The molecule has 1 aliphatic rings. The van der Waals surface area contributed by atoms with E-state index in [1.807, 2.05) is 6.07 Å². The predicted molar refractivity (Wildman–Crippen MR) is 71.9 cm³/mol. The first-order valence-corrected chi connectivity index (χ1v) is 6.51. The first-order valence-electron chi connectivity index (χ1n) is 6.51. The minimum Gasteiger partial charge on any atom is -0.309 e. The van der Waals surface area contributed by atoms with Gasteiger partial charge in [0.05, 0.1) is 11.9 Å². The van der Waals surface area contributed by atoms with Gasteiger partial charge in [0.25, 0.3) is 0 Å². The maximum Gasteiger partial charge on any atom is 0.228 e. The second kappa shape index (κ2) is 5.71. The molecule has 6 heteroatoms. The summed E-state index contributed by atoms with van der Waals surface area (Å²) < 4.78 is 0. The summed E-state index contributed by atoms with van der Waals surface area (Å²) in [6.45, 7) is 1.06. The van der Waals surface area contributed by atoms with E-state index in [1.54, 1.807) is 24.8 Å². The molecule has 0 amide bonds. The molecule has 0 unspecified atom stereocenters. The Bertz CT molecular complexity index is 524. The first-order chi connectivity index (χ1) is 9.42. The molecule has 0 aliphatic carbocycles. The molecular formula is C13H16N6. The largest absolute Gasteiger partial charge is 0.309 e. The minimum atomic E-state index is 0.333. The zero-order chi connectivity index (χ0) is 12.9. The summed E-state index contributed by atoms with van der Waals surface area (Å²) in [6, 6.07) is 2.30. The summed E-state index contributed by atoms with van der Waals surface area (Å²) in [4.78, 5) is 16.9. The molecular weight excluding hydrogens is 240 g/mol. The van der Waals surface area contributed by atoms with Gasteiger partial charge in [-0.2, -0.15) is 0 Å². The van der Waals surface area contributed by atoms with Crippen LogP contribution in [0, 0.1) is 0 Å². The normalized spacial score (nSPS) is 19.1. The van der Waals surface area contributed by atoms with Crippen molar-refractivity contribution in [2.24, 2.45) is 0 Å². The Morgan fingerprint density at radius 2 is 2.16 bits per heavy atom. The highest BCUT2D eigenvalue weighted by Gasteiger charge is 2.16. The SMILES string of the molecule is c1cnc(Nc2nccc([C@H]3CCCCN3)n2)cn1. The third-order valence-electron chi connectivity index (χ3n) is 3.15. The van der Waals surface area contributed by atoms with Crippen LogP contribution in [0.5, 0.6) is 0 Å². The summed E-state index contributed by atoms with van der Waals surface area (Å²) >= 11 is 0. The van der Waals surface area contributed by atoms with E-state index in [4.69, 9.17) is 0 Å². The number of hydrogen-bond donors (Lipinski definition) is 2. The molecule has 6 nitrogen and oxygen atoms in total. The highest BCUT2D eigenvalue weighted by atomic mass is 15.1. The van der Waals surface area contributed by atoms with Crippen LogP contribution in [0.1, 0.15) is 31.0 Å². The third-order valence-corrected chi connectivity index (χ3v) is 3.15. The Labute approximate surface area is 111 Å². The van der Waals surface area contributed by atoms with Crippen molar-refractivity contribution in [3.05, 3.63) is 36.5 Å². The van der Waals surface area contributed by atoms with Crippen LogP contribution in [0.2, 0.25) is 0 Å². The van der Waals surface area contributed by atoms with E-state index in [1.165, 1.54) is 12.8 Å². The van der Waals surface area contributed by atoms with Crippen molar-refractivity contribution in [2.75, 3.05) is 11.9 Å². The minimum absolute atomic E-state index is 0.333. The smallest absolute Gasteiger partial charge is 0.228 e. The van der Waals surface area contributed by atoms with E-state index in [0.29, 0.717) is 17.8 Å². The molecule has 98 valence electrons. The molecule has 3 rings (SSSR count). The van der Waals surface area contributed by atoms with Gasteiger partial charge in [0, 0.05) is 24.6 Å². The molecule has 0 saturated carbocycles. The van der Waals surface area contributed by atoms with Gasteiger partial charge in [-0.05, 0) is 25.5 Å². The predicted octanol–water partition coefficient (Wildman–Crippen LogP) is 1.82. The maximum absolute atomic E-state index is 4.54. The van der Waals surface area contributed by atoms with Gasteiger partial charge >= 0.3 is 0 Å². The quantitative estimate of drug-likeness (QED) is 0.872. The lowest BCUT2D eigenvalue weighted by Gasteiger charge is -2.23. The standard InChI is InChI=1S/C13H16N6/c1-2-5-15-10(3-1)11-4-6-17-13(18-11)19-12-9-14-7-8-16-12/h4,6-10,15H,1-3,5H2,(H,16,17,18,19)/t10-/m1/s1. The Morgan fingerprint density at radius 3 is 2.95 bits per heavy atom. The van der Waals surface area contributed by atoms with Crippen LogP contribution in [0.25, 0.3) is 0 Å². The van der Waals surface area contributed by atoms with Crippen molar-refractivity contribution < 1.29 is 0 Å². The molecule has 2 N–H and O–H groups in total. The van der Waals surface area contributed by atoms with Crippen LogP contribution in [-0.4, -0.2) is 26.5 Å². The van der Waals surface area contributed by atoms with E-state index in [-0.39, 0.29) is 0 Å². The Balaban J connectivity index is 1.76. The lowest BCUT2D eigenvalue weighted by molar-refractivity contribution is 0.405. The van der Waals surface area contributed by atoms with Crippen LogP contribution in [-0.2, 0) is 0 Å². The average Bonchev–Trinajstić information content (AvgIpc) is 2.49. The highest BCUT2D eigenvalue weighted by molar-refractivity contribution is 5.45. The molecule has 1 saturated heterocycles. The van der Waals surface area contributed by atoms with Crippen LogP contribution >= 0.6 is 0 Å². The van der Waals surface area contributed by atoms with E-state index in [2.05, 4.69) is 30.6 Å². The van der Waals surface area contributed by atoms with Gasteiger partial charge in [0.2, 0.25) is 5.95 Å². The van der Waals surface area contributed by atoms with Crippen molar-refractivity contribution in [3.8, 4) is 0 Å². The average molecular weight is 256 g/mol. The number of anilines is 2. The van der Waals surface area contributed by atoms with Gasteiger partial charge in [-0.15, -0.1) is 0 Å². The number of hydrogen-bond acceptors (Lipinski definition) is 6. The number of aromatic nitrogens is 4. The fraction of sp³-hybridized carbons (Fsp3) is 0.385. The van der Waals surface area contributed by atoms with Gasteiger partial charge < -0.3 is 10.6 Å². The Kier molecular flexibility index (Phi) is 3.60. The highest BCUT2D eigenvalue weighted by Crippen LogP contribution is 2.21. The van der Waals surface area contributed by atoms with E-state index < -0.39 is 0 Å². The number of piperidine rings is 1. The van der Waals surface area contributed by atoms with Crippen molar-refractivity contribution >= 4 is 11.8 Å². The van der Waals surface area contributed by atoms with Crippen LogP contribution < -0.4 is 10.6 Å². The monoisotopic (exact) mass is 256 g/mol. The summed E-state index contributed by atoms with van der Waals surface area (Å²) in [5.74, 6) is 1.21. The topological polar surface area (TPSA) is 75.6 Å². The second-order valence-corrected chi connectivity index (χ2v) is 4.52. The maximum atomic E-state index is 4.54. The third kappa shape index (κ3) is 3.03. The van der Waals surface area contributed by atoms with Crippen molar-refractivity contribution in [2.45, 2.75) is 25.3 Å². The summed E-state index contributed by atoms with van der Waals surface area (Å²) in [5, 5.41) is 6.54. The number of nitrogens with zero attached hydrogens (tertiary/aromatic N) is 4. The molecule has 0 aromatic carbocycles. The molecule has 0 radical (unpaired) electrons. The molecule has 2 aromatic heterocycles. The first kappa shape index (κ1) is 12.0. The van der Waals surface area contributed by atoms with Crippen LogP contribution in [0.15, 0.2) is 30.9 Å². The Hall–Kier alpha value is -2.08. The molecule has 3 heterocycles. The van der Waals surface area contributed by atoms with E-state index >= 15 is 0 Å². The molecule has 0 bridgehead atoms. The van der Waals surface area contributed by atoms with Gasteiger partial charge in [-0.3, -0.25) is 4.98 Å². The van der Waals surface area contributed by atoms with Crippen LogP contribution in [0.4, 0.5) is 11.8 Å². The molecule has 1 fully saturated rings. The lowest BCUT2D eigenvalue weighted by atomic mass is 10.0. The molecule has 1 atom stereocenters. The van der Waals surface area contributed by atoms with Gasteiger partial charge in [-0.1, -0.05) is 6.42 Å². The van der Waals surface area contributed by atoms with Crippen molar-refractivity contribution in [3.63, 3.8) is 0 Å². The zero-order valence-corrected chi connectivity index (χ0v) is 10.6. The molecule has 2 aromatic rings. The fourth-order valence-electron chi connectivity index (χ4n) is 2.21. The van der Waals surface area contributed by atoms with Gasteiger partial charge in [-0.25, -0.2) is 15.0 Å². The summed E-state index contributed by atoms with van der Waals surface area (Å²) in [6.07, 6.45) is 10.3. The van der Waals surface area contributed by atoms with E-state index in [0.717, 1.165) is 18.7 Å². The Morgan fingerprint density at radius 1 is 1.16 bits per heavy atom. The summed E-state index contributed by atoms with van der Waals surface area (Å²) in [5.41, 5.74) is 1.03. The second-order valence-electron chi connectivity index (χ2n) is 4.52. The van der Waals surface area contributed by atoms with Crippen molar-refractivity contribution in [1.29, 1.82) is 0 Å². The van der Waals surface area contributed by atoms with Crippen molar-refractivity contribution in [1.82, 2.24) is 25.3 Å². The molecule has 19 heavy (non-hydrogen) atoms. The van der Waals surface area contributed by atoms with E-state index in [9.17, 15) is 0 Å². The summed E-state index contributed by atoms with van der Waals surface area (Å²) in [7, 11) is 0. The fourth-order valence-corrected chi connectivity index (χ4v) is 2.21.